The number of hydrogen-bond acceptors (Lipinski definition) is 2. The second kappa shape index (κ2) is 5.32. The summed E-state index contributed by atoms with van der Waals surface area (Å²) in [4.78, 5) is 25.0. The molecule has 4 nitrogen and oxygen atoms in total. The Kier molecular flexibility index (Phi) is 4.01. The van der Waals surface area contributed by atoms with Crippen LogP contribution in [0.2, 0.25) is 0 Å². The Hall–Kier alpha value is -1.57. The zero-order valence-electron chi connectivity index (χ0n) is 11.2. The van der Waals surface area contributed by atoms with Crippen LogP contribution in [0.1, 0.15) is 19.4 Å². The first-order valence-corrected chi connectivity index (χ1v) is 6.92. The molecule has 2 atom stereocenters. The summed E-state index contributed by atoms with van der Waals surface area (Å²) in [5.74, 6) is -0.857. The van der Waals surface area contributed by atoms with Crippen molar-refractivity contribution >= 4 is 33.4 Å². The van der Waals surface area contributed by atoms with E-state index >= 15 is 0 Å². The molecule has 2 rings (SSSR count). The molecule has 2 unspecified atom stereocenters. The number of nitrogens with one attached hydrogen (secondary N) is 1. The molecule has 0 bridgehead atoms. The van der Waals surface area contributed by atoms with E-state index in [1.165, 1.54) is 19.9 Å². The van der Waals surface area contributed by atoms with Gasteiger partial charge in [0.05, 0.1) is 5.56 Å². The van der Waals surface area contributed by atoms with Crippen molar-refractivity contribution in [1.29, 1.82) is 0 Å². The zero-order chi connectivity index (χ0) is 15.9. The molecular weight excluding hydrogens is 353 g/mol. The van der Waals surface area contributed by atoms with Crippen molar-refractivity contribution in [2.24, 2.45) is 0 Å². The van der Waals surface area contributed by atoms with Gasteiger partial charge in [0.2, 0.25) is 11.8 Å². The van der Waals surface area contributed by atoms with E-state index in [9.17, 15) is 22.8 Å². The lowest BCUT2D eigenvalue weighted by Crippen LogP contribution is -2.61. The molecule has 0 aliphatic carbocycles. The van der Waals surface area contributed by atoms with Gasteiger partial charge in [-0.1, -0.05) is 15.9 Å². The number of carbonyl (C=O) groups is 2. The molecule has 0 spiro atoms. The maximum absolute atomic E-state index is 12.9. The highest BCUT2D eigenvalue weighted by Gasteiger charge is 2.38. The number of anilines is 1. The number of alkyl halides is 3. The van der Waals surface area contributed by atoms with Crippen molar-refractivity contribution in [3.8, 4) is 0 Å². The van der Waals surface area contributed by atoms with E-state index < -0.39 is 35.6 Å². The van der Waals surface area contributed by atoms with Crippen LogP contribution in [0.15, 0.2) is 22.7 Å². The normalized spacial score (nSPS) is 23.2. The fraction of sp³-hybridized carbons (Fsp3) is 0.385. The number of piperazine rings is 1. The van der Waals surface area contributed by atoms with Crippen molar-refractivity contribution < 1.29 is 22.8 Å². The summed E-state index contributed by atoms with van der Waals surface area (Å²) < 4.78 is 38.8. The van der Waals surface area contributed by atoms with Crippen molar-refractivity contribution in [3.63, 3.8) is 0 Å². The number of halogens is 4. The quantitative estimate of drug-likeness (QED) is 0.832. The molecule has 1 fully saturated rings. The molecule has 1 N–H and O–H groups in total. The number of benzene rings is 1. The second-order valence-corrected chi connectivity index (χ2v) is 5.73. The molecule has 1 aliphatic heterocycles. The second-order valence-electron chi connectivity index (χ2n) is 4.81. The van der Waals surface area contributed by atoms with Gasteiger partial charge in [-0.3, -0.25) is 14.5 Å². The minimum Gasteiger partial charge on any atom is -0.343 e. The van der Waals surface area contributed by atoms with Gasteiger partial charge in [0.25, 0.3) is 0 Å². The van der Waals surface area contributed by atoms with E-state index in [1.807, 2.05) is 0 Å². The van der Waals surface area contributed by atoms with Crippen molar-refractivity contribution in [2.75, 3.05) is 4.90 Å². The van der Waals surface area contributed by atoms with E-state index in [0.717, 1.165) is 17.0 Å². The zero-order valence-corrected chi connectivity index (χ0v) is 12.7. The Morgan fingerprint density at radius 2 is 1.81 bits per heavy atom. The van der Waals surface area contributed by atoms with Gasteiger partial charge in [-0.2, -0.15) is 13.2 Å². The first kappa shape index (κ1) is 15.8. The molecule has 0 aromatic heterocycles. The average molecular weight is 365 g/mol. The number of rotatable bonds is 1. The van der Waals surface area contributed by atoms with E-state index in [4.69, 9.17) is 0 Å². The third-order valence-corrected chi connectivity index (χ3v) is 3.68. The van der Waals surface area contributed by atoms with Gasteiger partial charge in [0, 0.05) is 10.2 Å². The highest BCUT2D eigenvalue weighted by Crippen LogP contribution is 2.35. The Balaban J connectivity index is 2.51. The minimum atomic E-state index is -4.53. The van der Waals surface area contributed by atoms with E-state index in [0.29, 0.717) is 0 Å². The smallest absolute Gasteiger partial charge is 0.343 e. The number of amides is 2. The maximum Gasteiger partial charge on any atom is 0.416 e. The van der Waals surface area contributed by atoms with Gasteiger partial charge in [-0.15, -0.1) is 0 Å². The van der Waals surface area contributed by atoms with Crippen LogP contribution in [0, 0.1) is 0 Å². The van der Waals surface area contributed by atoms with Gasteiger partial charge in [-0.25, -0.2) is 0 Å². The van der Waals surface area contributed by atoms with Crippen LogP contribution in [0.3, 0.4) is 0 Å². The number of hydrogen-bond donors (Lipinski definition) is 1. The molecule has 1 saturated heterocycles. The summed E-state index contributed by atoms with van der Waals surface area (Å²) in [6.45, 7) is 2.95. The van der Waals surface area contributed by atoms with Gasteiger partial charge in [0.1, 0.15) is 12.1 Å². The number of carbonyl (C=O) groups excluding carboxylic acids is 2. The van der Waals surface area contributed by atoms with Crippen molar-refractivity contribution in [2.45, 2.75) is 32.1 Å². The predicted octanol–water partition coefficient (Wildman–Crippen LogP) is 2.71. The highest BCUT2D eigenvalue weighted by atomic mass is 79.9. The fourth-order valence-corrected chi connectivity index (χ4v) is 2.62. The van der Waals surface area contributed by atoms with Crippen LogP contribution in [0.25, 0.3) is 0 Å². The summed E-state index contributed by atoms with van der Waals surface area (Å²) in [5, 5.41) is 2.47. The molecule has 8 heteroatoms. The van der Waals surface area contributed by atoms with Gasteiger partial charge < -0.3 is 5.32 Å². The van der Waals surface area contributed by atoms with Crippen molar-refractivity contribution in [1.82, 2.24) is 5.32 Å². The SMILES string of the molecule is CC1NC(=O)C(C)N(c2cc(Br)cc(C(F)(F)F)c2)C1=O. The largest absolute Gasteiger partial charge is 0.416 e. The fourth-order valence-electron chi connectivity index (χ4n) is 2.14. The summed E-state index contributed by atoms with van der Waals surface area (Å²) >= 11 is 3.00. The highest BCUT2D eigenvalue weighted by molar-refractivity contribution is 9.10. The predicted molar refractivity (Wildman–Crippen MR) is 73.7 cm³/mol. The third-order valence-electron chi connectivity index (χ3n) is 3.22. The topological polar surface area (TPSA) is 49.4 Å². The average Bonchev–Trinajstić information content (AvgIpc) is 2.35. The summed E-state index contributed by atoms with van der Waals surface area (Å²) in [5.41, 5.74) is -0.846. The maximum atomic E-state index is 12.9. The Morgan fingerprint density at radius 3 is 2.38 bits per heavy atom. The molecular formula is C13H12BrF3N2O2. The summed E-state index contributed by atoms with van der Waals surface area (Å²) in [6, 6.07) is 1.53. The van der Waals surface area contributed by atoms with Crippen molar-refractivity contribution in [3.05, 3.63) is 28.2 Å². The molecule has 114 valence electrons. The summed E-state index contributed by atoms with van der Waals surface area (Å²) in [6.07, 6.45) is -4.53. The molecule has 1 aromatic carbocycles. The van der Waals surface area contributed by atoms with Crippen LogP contribution in [0.5, 0.6) is 0 Å². The van der Waals surface area contributed by atoms with E-state index in [1.54, 1.807) is 0 Å². The van der Waals surface area contributed by atoms with E-state index in [-0.39, 0.29) is 10.2 Å². The third kappa shape index (κ3) is 3.04. The Labute approximate surface area is 127 Å². The van der Waals surface area contributed by atoms with Crippen LogP contribution in [0.4, 0.5) is 18.9 Å². The molecule has 0 saturated carbocycles. The monoisotopic (exact) mass is 364 g/mol. The van der Waals surface area contributed by atoms with Gasteiger partial charge in [-0.05, 0) is 32.0 Å². The summed E-state index contributed by atoms with van der Waals surface area (Å²) in [7, 11) is 0. The number of nitrogens with zero attached hydrogens (tertiary/aromatic N) is 1. The van der Waals surface area contributed by atoms with E-state index in [2.05, 4.69) is 21.2 Å². The van der Waals surface area contributed by atoms with Crippen LogP contribution >= 0.6 is 15.9 Å². The van der Waals surface area contributed by atoms with Crippen LogP contribution < -0.4 is 10.2 Å². The minimum absolute atomic E-state index is 0.0379. The van der Waals surface area contributed by atoms with Crippen LogP contribution in [-0.2, 0) is 15.8 Å². The lowest BCUT2D eigenvalue weighted by atomic mass is 10.1. The van der Waals surface area contributed by atoms with Crippen LogP contribution in [-0.4, -0.2) is 23.9 Å². The van der Waals surface area contributed by atoms with Gasteiger partial charge >= 0.3 is 6.18 Å². The molecule has 21 heavy (non-hydrogen) atoms. The lowest BCUT2D eigenvalue weighted by Gasteiger charge is -2.36. The first-order valence-electron chi connectivity index (χ1n) is 6.12. The molecule has 1 aliphatic rings. The molecule has 1 heterocycles. The van der Waals surface area contributed by atoms with Gasteiger partial charge in [0.15, 0.2) is 0 Å². The Bertz CT molecular complexity index is 604. The standard InChI is InChI=1S/C13H12BrF3N2O2/c1-6-12(21)19(7(2)11(20)18-6)10-4-8(13(15,16)17)3-9(14)5-10/h3-7H,1-2H3,(H,18,20). The molecule has 0 radical (unpaired) electrons. The lowest BCUT2D eigenvalue weighted by molar-refractivity contribution is -0.137. The Morgan fingerprint density at radius 1 is 1.19 bits per heavy atom. The first-order chi connectivity index (χ1) is 9.61. The molecule has 2 amide bonds. The molecule has 1 aromatic rings.